The number of benzene rings is 1. The summed E-state index contributed by atoms with van der Waals surface area (Å²) < 4.78 is 10.0. The average molecular weight is 297 g/mol. The summed E-state index contributed by atoms with van der Waals surface area (Å²) in [6.07, 6.45) is 2.97. The Labute approximate surface area is 128 Å². The van der Waals surface area contributed by atoms with E-state index in [1.165, 1.54) is 6.20 Å². The fourth-order valence-electron chi connectivity index (χ4n) is 1.89. The third-order valence-corrected chi connectivity index (χ3v) is 2.90. The van der Waals surface area contributed by atoms with Crippen molar-refractivity contribution in [2.45, 2.75) is 6.92 Å². The minimum atomic E-state index is -0.669. The van der Waals surface area contributed by atoms with Crippen molar-refractivity contribution in [2.75, 3.05) is 19.0 Å². The molecule has 1 aromatic carbocycles. The monoisotopic (exact) mass is 297 g/mol. The minimum Gasteiger partial charge on any atom is -0.497 e. The molecule has 0 aliphatic heterocycles. The van der Waals surface area contributed by atoms with Crippen LogP contribution < -0.4 is 10.1 Å². The molecule has 2 rings (SSSR count). The Morgan fingerprint density at radius 3 is 3.00 bits per heavy atom. The Hall–Kier alpha value is -3.07. The summed E-state index contributed by atoms with van der Waals surface area (Å²) in [6.45, 7) is 1.89. The number of aromatic nitrogens is 1. The summed E-state index contributed by atoms with van der Waals surface area (Å²) in [5, 5.41) is 12.8. The standard InChI is InChI=1S/C16H15N3O3/c1-3-22-16(20)12(9-17)10-19-14-8-13(21-2)7-11-5-4-6-18-15(11)14/h4-8,10,19H,3H2,1-2H3/b12-10-. The number of nitrogens with zero attached hydrogens (tertiary/aromatic N) is 2. The van der Waals surface area contributed by atoms with E-state index in [1.54, 1.807) is 32.4 Å². The molecule has 112 valence electrons. The van der Waals surface area contributed by atoms with Crippen LogP contribution in [-0.4, -0.2) is 24.7 Å². The van der Waals surface area contributed by atoms with E-state index < -0.39 is 5.97 Å². The van der Waals surface area contributed by atoms with Gasteiger partial charge in [-0.3, -0.25) is 4.98 Å². The van der Waals surface area contributed by atoms with Gasteiger partial charge in [-0.05, 0) is 19.1 Å². The quantitative estimate of drug-likeness (QED) is 0.519. The van der Waals surface area contributed by atoms with Crippen LogP contribution in [0.15, 0.2) is 42.2 Å². The zero-order valence-electron chi connectivity index (χ0n) is 12.3. The summed E-state index contributed by atoms with van der Waals surface area (Å²) in [5.41, 5.74) is 1.22. The van der Waals surface area contributed by atoms with Crippen LogP contribution >= 0.6 is 0 Å². The van der Waals surface area contributed by atoms with Crippen molar-refractivity contribution in [1.29, 1.82) is 5.26 Å². The number of carbonyl (C=O) groups is 1. The summed E-state index contributed by atoms with van der Waals surface area (Å²) in [6, 6.07) is 9.12. The van der Waals surface area contributed by atoms with Crippen molar-refractivity contribution in [1.82, 2.24) is 4.98 Å². The molecule has 0 atom stereocenters. The summed E-state index contributed by atoms with van der Waals surface area (Å²) in [5.74, 6) is -0.0243. The zero-order valence-corrected chi connectivity index (χ0v) is 12.3. The van der Waals surface area contributed by atoms with Gasteiger partial charge in [0.1, 0.15) is 11.8 Å². The number of methoxy groups -OCH3 is 1. The Kier molecular flexibility index (Phi) is 4.94. The molecule has 6 nitrogen and oxygen atoms in total. The summed E-state index contributed by atoms with van der Waals surface area (Å²) >= 11 is 0. The highest BCUT2D eigenvalue weighted by Gasteiger charge is 2.10. The Balaban J connectivity index is 2.38. The third-order valence-electron chi connectivity index (χ3n) is 2.90. The van der Waals surface area contributed by atoms with Crippen molar-refractivity contribution in [3.05, 3.63) is 42.2 Å². The average Bonchev–Trinajstić information content (AvgIpc) is 2.55. The molecule has 1 aromatic heterocycles. The molecule has 0 bridgehead atoms. The Bertz CT molecular complexity index is 763. The largest absolute Gasteiger partial charge is 0.497 e. The molecule has 0 saturated heterocycles. The van der Waals surface area contributed by atoms with Gasteiger partial charge < -0.3 is 14.8 Å². The van der Waals surface area contributed by atoms with E-state index in [2.05, 4.69) is 10.3 Å². The first-order valence-corrected chi connectivity index (χ1v) is 6.66. The number of ether oxygens (including phenoxy) is 2. The number of hydrogen-bond donors (Lipinski definition) is 1. The third kappa shape index (κ3) is 3.33. The van der Waals surface area contributed by atoms with E-state index in [9.17, 15) is 4.79 Å². The van der Waals surface area contributed by atoms with Crippen molar-refractivity contribution < 1.29 is 14.3 Å². The van der Waals surface area contributed by atoms with E-state index in [0.717, 1.165) is 5.39 Å². The number of rotatable bonds is 5. The fourth-order valence-corrected chi connectivity index (χ4v) is 1.89. The van der Waals surface area contributed by atoms with E-state index in [4.69, 9.17) is 14.7 Å². The molecule has 0 amide bonds. The number of fused-ring (bicyclic) bond motifs is 1. The SMILES string of the molecule is CCOC(=O)/C(C#N)=C\Nc1cc(OC)cc2cccnc12. The van der Waals surface area contributed by atoms with Gasteiger partial charge in [0, 0.05) is 23.8 Å². The maximum Gasteiger partial charge on any atom is 0.350 e. The highest BCUT2D eigenvalue weighted by Crippen LogP contribution is 2.27. The molecule has 0 saturated carbocycles. The van der Waals surface area contributed by atoms with Crippen molar-refractivity contribution in [3.8, 4) is 11.8 Å². The van der Waals surface area contributed by atoms with Crippen molar-refractivity contribution in [2.24, 2.45) is 0 Å². The Morgan fingerprint density at radius 1 is 1.50 bits per heavy atom. The maximum absolute atomic E-state index is 11.6. The van der Waals surface area contributed by atoms with Gasteiger partial charge in [0.05, 0.1) is 24.9 Å². The van der Waals surface area contributed by atoms with Crippen LogP contribution in [0, 0.1) is 11.3 Å². The molecular weight excluding hydrogens is 282 g/mol. The first-order chi connectivity index (χ1) is 10.7. The molecule has 0 fully saturated rings. The predicted molar refractivity (Wildman–Crippen MR) is 82.2 cm³/mol. The van der Waals surface area contributed by atoms with Gasteiger partial charge in [0.2, 0.25) is 0 Å². The first kappa shape index (κ1) is 15.3. The van der Waals surface area contributed by atoms with Gasteiger partial charge in [0.15, 0.2) is 5.57 Å². The molecule has 0 aliphatic rings. The zero-order chi connectivity index (χ0) is 15.9. The first-order valence-electron chi connectivity index (χ1n) is 6.66. The van der Waals surface area contributed by atoms with Gasteiger partial charge in [-0.2, -0.15) is 5.26 Å². The number of esters is 1. The minimum absolute atomic E-state index is 0.117. The van der Waals surface area contributed by atoms with E-state index in [-0.39, 0.29) is 12.2 Å². The lowest BCUT2D eigenvalue weighted by Gasteiger charge is -2.09. The fraction of sp³-hybridized carbons (Fsp3) is 0.188. The second kappa shape index (κ2) is 7.09. The normalized spacial score (nSPS) is 10.9. The van der Waals surface area contributed by atoms with Crippen LogP contribution in [0.3, 0.4) is 0 Å². The van der Waals surface area contributed by atoms with E-state index in [0.29, 0.717) is 17.0 Å². The van der Waals surface area contributed by atoms with Gasteiger partial charge in [-0.1, -0.05) is 6.07 Å². The highest BCUT2D eigenvalue weighted by molar-refractivity contribution is 5.95. The second-order valence-electron chi connectivity index (χ2n) is 4.28. The van der Waals surface area contributed by atoms with Gasteiger partial charge in [-0.15, -0.1) is 0 Å². The molecule has 0 radical (unpaired) electrons. The number of hydrogen-bond acceptors (Lipinski definition) is 6. The van der Waals surface area contributed by atoms with Gasteiger partial charge >= 0.3 is 5.97 Å². The summed E-state index contributed by atoms with van der Waals surface area (Å²) in [7, 11) is 1.57. The van der Waals surface area contributed by atoms with Crippen LogP contribution in [0.1, 0.15) is 6.92 Å². The van der Waals surface area contributed by atoms with Crippen molar-refractivity contribution in [3.63, 3.8) is 0 Å². The van der Waals surface area contributed by atoms with Gasteiger partial charge in [0.25, 0.3) is 0 Å². The Morgan fingerprint density at radius 2 is 2.32 bits per heavy atom. The number of anilines is 1. The van der Waals surface area contributed by atoms with E-state index >= 15 is 0 Å². The second-order valence-corrected chi connectivity index (χ2v) is 4.28. The van der Waals surface area contributed by atoms with Crippen LogP contribution in [0.5, 0.6) is 5.75 Å². The smallest absolute Gasteiger partial charge is 0.350 e. The number of nitriles is 1. The number of pyridine rings is 1. The highest BCUT2D eigenvalue weighted by atomic mass is 16.5. The molecule has 0 spiro atoms. The molecule has 0 unspecified atom stereocenters. The van der Waals surface area contributed by atoms with Gasteiger partial charge in [-0.25, -0.2) is 4.79 Å². The van der Waals surface area contributed by atoms with Crippen LogP contribution in [-0.2, 0) is 9.53 Å². The lowest BCUT2D eigenvalue weighted by molar-refractivity contribution is -0.138. The lowest BCUT2D eigenvalue weighted by Crippen LogP contribution is -2.08. The lowest BCUT2D eigenvalue weighted by atomic mass is 10.1. The molecule has 6 heteroatoms. The summed E-state index contributed by atoms with van der Waals surface area (Å²) in [4.78, 5) is 15.9. The molecule has 22 heavy (non-hydrogen) atoms. The number of carbonyl (C=O) groups excluding carboxylic acids is 1. The predicted octanol–water partition coefficient (Wildman–Crippen LogP) is 2.63. The van der Waals surface area contributed by atoms with E-state index in [1.807, 2.05) is 18.2 Å². The molecule has 2 aromatic rings. The number of nitrogens with one attached hydrogen (secondary N) is 1. The molecule has 0 aliphatic carbocycles. The molecule has 1 N–H and O–H groups in total. The molecular formula is C16H15N3O3. The van der Waals surface area contributed by atoms with Crippen LogP contribution in [0.25, 0.3) is 10.9 Å². The van der Waals surface area contributed by atoms with Crippen LogP contribution in [0.2, 0.25) is 0 Å². The van der Waals surface area contributed by atoms with Crippen molar-refractivity contribution >= 4 is 22.6 Å². The molecule has 1 heterocycles. The van der Waals surface area contributed by atoms with Crippen LogP contribution in [0.4, 0.5) is 5.69 Å². The maximum atomic E-state index is 11.6. The topological polar surface area (TPSA) is 84.2 Å².